The summed E-state index contributed by atoms with van der Waals surface area (Å²) in [7, 11) is 1.98. The lowest BCUT2D eigenvalue weighted by atomic mass is 10.3. The van der Waals surface area contributed by atoms with Crippen LogP contribution >= 0.6 is 0 Å². The molecule has 2 heterocycles. The van der Waals surface area contributed by atoms with Crippen molar-refractivity contribution in [1.29, 1.82) is 0 Å². The van der Waals surface area contributed by atoms with Gasteiger partial charge in [-0.1, -0.05) is 0 Å². The van der Waals surface area contributed by atoms with E-state index < -0.39 is 0 Å². The zero-order chi connectivity index (χ0) is 12.3. The summed E-state index contributed by atoms with van der Waals surface area (Å²) >= 11 is 0. The van der Waals surface area contributed by atoms with Gasteiger partial charge in [-0.25, -0.2) is 4.98 Å². The molecule has 2 aromatic heterocycles. The number of hydrogen-bond donors (Lipinski definition) is 0. The zero-order valence-electron chi connectivity index (χ0n) is 10.3. The van der Waals surface area contributed by atoms with Crippen molar-refractivity contribution in [1.82, 2.24) is 19.9 Å². The third-order valence-electron chi connectivity index (χ3n) is 2.43. The average Bonchev–Trinajstić information content (AvgIpc) is 2.33. The molecule has 0 atom stereocenters. The third-order valence-corrected chi connectivity index (χ3v) is 2.43. The van der Waals surface area contributed by atoms with Crippen LogP contribution in [-0.4, -0.2) is 27.0 Å². The van der Waals surface area contributed by atoms with E-state index in [-0.39, 0.29) is 0 Å². The van der Waals surface area contributed by atoms with E-state index in [2.05, 4.69) is 19.9 Å². The van der Waals surface area contributed by atoms with Crippen LogP contribution in [0.5, 0.6) is 0 Å². The Kier molecular flexibility index (Phi) is 3.27. The van der Waals surface area contributed by atoms with Crippen molar-refractivity contribution in [2.24, 2.45) is 0 Å². The molecule has 2 aromatic rings. The van der Waals surface area contributed by atoms with Gasteiger partial charge in [-0.3, -0.25) is 15.0 Å². The largest absolute Gasteiger partial charge is 0.352 e. The molecule has 5 heteroatoms. The second-order valence-corrected chi connectivity index (χ2v) is 3.97. The van der Waals surface area contributed by atoms with Gasteiger partial charge in [0.15, 0.2) is 0 Å². The van der Waals surface area contributed by atoms with Gasteiger partial charge in [0.1, 0.15) is 5.82 Å². The van der Waals surface area contributed by atoms with Crippen molar-refractivity contribution in [3.63, 3.8) is 0 Å². The maximum absolute atomic E-state index is 4.48. The molecule has 0 unspecified atom stereocenters. The molecule has 0 aliphatic heterocycles. The molecule has 17 heavy (non-hydrogen) atoms. The highest BCUT2D eigenvalue weighted by Crippen LogP contribution is 2.15. The lowest BCUT2D eigenvalue weighted by Crippen LogP contribution is -2.20. The molecule has 0 aromatic carbocycles. The van der Waals surface area contributed by atoms with E-state index in [1.807, 2.05) is 25.8 Å². The predicted octanol–water partition coefficient (Wildman–Crippen LogP) is 1.52. The fourth-order valence-electron chi connectivity index (χ4n) is 1.62. The van der Waals surface area contributed by atoms with Gasteiger partial charge in [0.25, 0.3) is 0 Å². The summed E-state index contributed by atoms with van der Waals surface area (Å²) < 4.78 is 0. The molecular formula is C12H15N5. The summed E-state index contributed by atoms with van der Waals surface area (Å²) in [6, 6.07) is 0. The Labute approximate surface area is 101 Å². The van der Waals surface area contributed by atoms with Crippen LogP contribution in [0.15, 0.2) is 24.8 Å². The molecular weight excluding hydrogens is 214 g/mol. The third kappa shape index (κ3) is 2.75. The summed E-state index contributed by atoms with van der Waals surface area (Å²) in [5, 5.41) is 0. The SMILES string of the molecule is Cc1cnc(C)c(N(C)Cc2cnccn2)n1. The first kappa shape index (κ1) is 11.4. The number of nitrogens with zero attached hydrogens (tertiary/aromatic N) is 5. The quantitative estimate of drug-likeness (QED) is 0.798. The van der Waals surface area contributed by atoms with Crippen LogP contribution < -0.4 is 4.90 Å². The maximum Gasteiger partial charge on any atom is 0.150 e. The fraction of sp³-hybridized carbons (Fsp3) is 0.333. The minimum Gasteiger partial charge on any atom is -0.352 e. The molecule has 0 radical (unpaired) electrons. The monoisotopic (exact) mass is 229 g/mol. The lowest BCUT2D eigenvalue weighted by molar-refractivity contribution is 0.837. The van der Waals surface area contributed by atoms with Gasteiger partial charge in [0.05, 0.1) is 29.8 Å². The molecule has 0 amide bonds. The van der Waals surface area contributed by atoms with Crippen molar-refractivity contribution in [3.8, 4) is 0 Å². The average molecular weight is 229 g/mol. The highest BCUT2D eigenvalue weighted by Gasteiger charge is 2.08. The maximum atomic E-state index is 4.48. The van der Waals surface area contributed by atoms with Gasteiger partial charge in [-0.15, -0.1) is 0 Å². The fourth-order valence-corrected chi connectivity index (χ4v) is 1.62. The Morgan fingerprint density at radius 1 is 1.12 bits per heavy atom. The lowest BCUT2D eigenvalue weighted by Gasteiger charge is -2.19. The van der Waals surface area contributed by atoms with Crippen LogP contribution in [-0.2, 0) is 6.54 Å². The van der Waals surface area contributed by atoms with Gasteiger partial charge in [0.2, 0.25) is 0 Å². The minimum absolute atomic E-state index is 0.673. The first-order valence-corrected chi connectivity index (χ1v) is 5.43. The number of anilines is 1. The van der Waals surface area contributed by atoms with Crippen LogP contribution in [0, 0.1) is 13.8 Å². The Bertz CT molecular complexity index is 498. The van der Waals surface area contributed by atoms with E-state index >= 15 is 0 Å². The molecule has 5 nitrogen and oxygen atoms in total. The Morgan fingerprint density at radius 3 is 2.65 bits per heavy atom. The minimum atomic E-state index is 0.673. The molecule has 0 aliphatic carbocycles. The van der Waals surface area contributed by atoms with E-state index in [9.17, 15) is 0 Å². The molecule has 0 fully saturated rings. The van der Waals surface area contributed by atoms with Gasteiger partial charge < -0.3 is 4.90 Å². The molecule has 0 saturated heterocycles. The topological polar surface area (TPSA) is 54.8 Å². The van der Waals surface area contributed by atoms with Crippen LogP contribution in [0.4, 0.5) is 5.82 Å². The van der Waals surface area contributed by atoms with Crippen molar-refractivity contribution < 1.29 is 0 Å². The number of aromatic nitrogens is 4. The molecule has 88 valence electrons. The first-order valence-electron chi connectivity index (χ1n) is 5.43. The van der Waals surface area contributed by atoms with E-state index in [1.54, 1.807) is 24.8 Å². The second-order valence-electron chi connectivity index (χ2n) is 3.97. The molecule has 0 saturated carbocycles. The van der Waals surface area contributed by atoms with E-state index in [0.29, 0.717) is 6.54 Å². The number of hydrogen-bond acceptors (Lipinski definition) is 5. The highest BCUT2D eigenvalue weighted by molar-refractivity contribution is 5.42. The van der Waals surface area contributed by atoms with Gasteiger partial charge >= 0.3 is 0 Å². The summed E-state index contributed by atoms with van der Waals surface area (Å²) in [5.41, 5.74) is 2.75. The summed E-state index contributed by atoms with van der Waals surface area (Å²) in [5.74, 6) is 0.885. The van der Waals surface area contributed by atoms with E-state index in [1.165, 1.54) is 0 Å². The Balaban J connectivity index is 2.20. The van der Waals surface area contributed by atoms with Crippen molar-refractivity contribution >= 4 is 5.82 Å². The van der Waals surface area contributed by atoms with Crippen molar-refractivity contribution in [3.05, 3.63) is 41.9 Å². The van der Waals surface area contributed by atoms with E-state index in [0.717, 1.165) is 22.9 Å². The van der Waals surface area contributed by atoms with Crippen molar-refractivity contribution in [2.45, 2.75) is 20.4 Å². The van der Waals surface area contributed by atoms with Crippen LogP contribution in [0.1, 0.15) is 17.1 Å². The summed E-state index contributed by atoms with van der Waals surface area (Å²) in [6.07, 6.45) is 6.89. The standard InChI is InChI=1S/C12H15N5/c1-9-6-15-10(2)12(16-9)17(3)8-11-7-13-4-5-14-11/h4-7H,8H2,1-3H3. The van der Waals surface area contributed by atoms with Gasteiger partial charge in [-0.2, -0.15) is 0 Å². The van der Waals surface area contributed by atoms with Gasteiger partial charge in [0, 0.05) is 25.6 Å². The van der Waals surface area contributed by atoms with Crippen molar-refractivity contribution in [2.75, 3.05) is 11.9 Å². The molecule has 0 aliphatic rings. The molecule has 0 bridgehead atoms. The summed E-state index contributed by atoms with van der Waals surface area (Å²) in [6.45, 7) is 4.56. The smallest absolute Gasteiger partial charge is 0.150 e. The van der Waals surface area contributed by atoms with E-state index in [4.69, 9.17) is 0 Å². The molecule has 2 rings (SSSR count). The van der Waals surface area contributed by atoms with Crippen LogP contribution in [0.2, 0.25) is 0 Å². The Morgan fingerprint density at radius 2 is 1.94 bits per heavy atom. The first-order chi connectivity index (χ1) is 8.16. The van der Waals surface area contributed by atoms with Gasteiger partial charge in [-0.05, 0) is 13.8 Å². The number of aryl methyl sites for hydroxylation is 2. The van der Waals surface area contributed by atoms with Crippen LogP contribution in [0.25, 0.3) is 0 Å². The number of rotatable bonds is 3. The Hall–Kier alpha value is -2.04. The normalized spacial score (nSPS) is 10.3. The zero-order valence-corrected chi connectivity index (χ0v) is 10.3. The highest BCUT2D eigenvalue weighted by atomic mass is 15.2. The molecule has 0 spiro atoms. The molecule has 0 N–H and O–H groups in total. The second kappa shape index (κ2) is 4.86. The van der Waals surface area contributed by atoms with Crippen LogP contribution in [0.3, 0.4) is 0 Å². The predicted molar refractivity (Wildman–Crippen MR) is 65.6 cm³/mol. The summed E-state index contributed by atoms with van der Waals surface area (Å²) in [4.78, 5) is 19.1.